The van der Waals surface area contributed by atoms with Gasteiger partial charge in [0.2, 0.25) is 0 Å². The molecule has 0 bridgehead atoms. The molecule has 5 heteroatoms. The normalized spacial score (nSPS) is 14.0. The first-order valence-corrected chi connectivity index (χ1v) is 7.60. The number of halogens is 2. The summed E-state index contributed by atoms with van der Waals surface area (Å²) in [6.07, 6.45) is 3.45. The Hall–Kier alpha value is -1.94. The van der Waals surface area contributed by atoms with Crippen molar-refractivity contribution < 1.29 is 9.18 Å². The van der Waals surface area contributed by atoms with Crippen LogP contribution in [0.4, 0.5) is 4.39 Å². The maximum absolute atomic E-state index is 14.0. The number of aryl methyl sites for hydroxylation is 1. The molecule has 0 N–H and O–H groups in total. The van der Waals surface area contributed by atoms with Crippen LogP contribution >= 0.6 is 11.6 Å². The fourth-order valence-electron chi connectivity index (χ4n) is 2.37. The van der Waals surface area contributed by atoms with E-state index in [0.717, 1.165) is 18.5 Å². The van der Waals surface area contributed by atoms with Gasteiger partial charge in [0.1, 0.15) is 5.82 Å². The van der Waals surface area contributed by atoms with Crippen molar-refractivity contribution in [2.24, 2.45) is 0 Å². The summed E-state index contributed by atoms with van der Waals surface area (Å²) in [5, 5.41) is 0.348. The SMILES string of the molecule is Cc1ccc(C(=O)N(Cc2c(F)cccc2Cl)C2CC2)cn1. The van der Waals surface area contributed by atoms with Crippen molar-refractivity contribution in [1.29, 1.82) is 0 Å². The topological polar surface area (TPSA) is 33.2 Å². The summed E-state index contributed by atoms with van der Waals surface area (Å²) >= 11 is 6.08. The number of aromatic nitrogens is 1. The number of hydrogen-bond acceptors (Lipinski definition) is 2. The predicted molar refractivity (Wildman–Crippen MR) is 83.3 cm³/mol. The van der Waals surface area contributed by atoms with Gasteiger partial charge >= 0.3 is 0 Å². The second-order valence-corrected chi connectivity index (χ2v) is 5.96. The highest BCUT2D eigenvalue weighted by atomic mass is 35.5. The van der Waals surface area contributed by atoms with Gasteiger partial charge in [0.25, 0.3) is 5.91 Å². The smallest absolute Gasteiger partial charge is 0.255 e. The van der Waals surface area contributed by atoms with Crippen LogP contribution in [0, 0.1) is 12.7 Å². The molecule has 114 valence electrons. The van der Waals surface area contributed by atoms with Crippen LogP contribution in [0.5, 0.6) is 0 Å². The summed E-state index contributed by atoms with van der Waals surface area (Å²) in [6.45, 7) is 2.05. The lowest BCUT2D eigenvalue weighted by Gasteiger charge is -2.23. The standard InChI is InChI=1S/C17H16ClFN2O/c1-11-5-6-12(9-20-11)17(22)21(13-7-8-13)10-14-15(18)3-2-4-16(14)19/h2-6,9,13H,7-8,10H2,1H3. The Labute approximate surface area is 133 Å². The largest absolute Gasteiger partial charge is 0.331 e. The summed E-state index contributed by atoms with van der Waals surface area (Å²) in [5.41, 5.74) is 1.74. The minimum Gasteiger partial charge on any atom is -0.331 e. The van der Waals surface area contributed by atoms with Crippen LogP contribution in [0.1, 0.15) is 34.5 Å². The monoisotopic (exact) mass is 318 g/mol. The lowest BCUT2D eigenvalue weighted by atomic mass is 10.1. The predicted octanol–water partition coefficient (Wildman–Crippen LogP) is 3.99. The molecule has 22 heavy (non-hydrogen) atoms. The van der Waals surface area contributed by atoms with Crippen molar-refractivity contribution in [1.82, 2.24) is 9.88 Å². The number of pyridine rings is 1. The molecular weight excluding hydrogens is 303 g/mol. The van der Waals surface area contributed by atoms with Gasteiger partial charge in [0.05, 0.1) is 12.1 Å². The molecule has 3 nitrogen and oxygen atoms in total. The molecule has 0 unspecified atom stereocenters. The molecule has 0 aliphatic heterocycles. The zero-order valence-corrected chi connectivity index (χ0v) is 13.0. The second kappa shape index (κ2) is 6.05. The molecule has 1 aliphatic rings. The zero-order valence-electron chi connectivity index (χ0n) is 12.2. The quantitative estimate of drug-likeness (QED) is 0.854. The Balaban J connectivity index is 1.87. The molecule has 0 atom stereocenters. The third-order valence-electron chi connectivity index (χ3n) is 3.80. The van der Waals surface area contributed by atoms with Gasteiger partial charge in [-0.05, 0) is 44.0 Å². The average Bonchev–Trinajstić information content (AvgIpc) is 3.32. The van der Waals surface area contributed by atoms with Crippen molar-refractivity contribution in [2.75, 3.05) is 0 Å². The lowest BCUT2D eigenvalue weighted by Crippen LogP contribution is -2.33. The maximum atomic E-state index is 14.0. The number of benzene rings is 1. The van der Waals surface area contributed by atoms with Crippen molar-refractivity contribution in [3.63, 3.8) is 0 Å². The van der Waals surface area contributed by atoms with Gasteiger partial charge in [-0.3, -0.25) is 9.78 Å². The van der Waals surface area contributed by atoms with Crippen LogP contribution in [-0.4, -0.2) is 21.8 Å². The van der Waals surface area contributed by atoms with Gasteiger partial charge < -0.3 is 4.90 Å². The van der Waals surface area contributed by atoms with Gasteiger partial charge in [-0.15, -0.1) is 0 Å². The first-order valence-electron chi connectivity index (χ1n) is 7.23. The van der Waals surface area contributed by atoms with E-state index < -0.39 is 0 Å². The fraction of sp³-hybridized carbons (Fsp3) is 0.294. The summed E-state index contributed by atoms with van der Waals surface area (Å²) in [4.78, 5) is 18.5. The highest BCUT2D eigenvalue weighted by molar-refractivity contribution is 6.31. The van der Waals surface area contributed by atoms with Crippen molar-refractivity contribution in [3.05, 3.63) is 64.2 Å². The van der Waals surface area contributed by atoms with Crippen LogP contribution in [-0.2, 0) is 6.54 Å². The van der Waals surface area contributed by atoms with E-state index in [1.807, 2.05) is 6.92 Å². The second-order valence-electron chi connectivity index (χ2n) is 5.55. The molecular formula is C17H16ClFN2O. The lowest BCUT2D eigenvalue weighted by molar-refractivity contribution is 0.0728. The van der Waals surface area contributed by atoms with Crippen molar-refractivity contribution in [3.8, 4) is 0 Å². The Morgan fingerprint density at radius 2 is 2.14 bits per heavy atom. The fourth-order valence-corrected chi connectivity index (χ4v) is 2.59. The maximum Gasteiger partial charge on any atom is 0.255 e. The molecule has 3 rings (SSSR count). The van der Waals surface area contributed by atoms with E-state index in [2.05, 4.69) is 4.98 Å². The molecule has 1 saturated carbocycles. The third-order valence-corrected chi connectivity index (χ3v) is 4.15. The Kier molecular flexibility index (Phi) is 4.12. The highest BCUT2D eigenvalue weighted by Crippen LogP contribution is 2.31. The van der Waals surface area contributed by atoms with Gasteiger partial charge in [0, 0.05) is 28.5 Å². The van der Waals surface area contributed by atoms with Crippen LogP contribution in [0.25, 0.3) is 0 Å². The van der Waals surface area contributed by atoms with Crippen LogP contribution in [0.3, 0.4) is 0 Å². The van der Waals surface area contributed by atoms with Crippen LogP contribution in [0.15, 0.2) is 36.5 Å². The van der Waals surface area contributed by atoms with E-state index >= 15 is 0 Å². The van der Waals surface area contributed by atoms with E-state index in [4.69, 9.17) is 11.6 Å². The highest BCUT2D eigenvalue weighted by Gasteiger charge is 2.34. The molecule has 1 aromatic carbocycles. The molecule has 0 radical (unpaired) electrons. The van der Waals surface area contributed by atoms with Crippen molar-refractivity contribution >= 4 is 17.5 Å². The summed E-state index contributed by atoms with van der Waals surface area (Å²) in [7, 11) is 0. The first-order chi connectivity index (χ1) is 10.6. The van der Waals surface area contributed by atoms with E-state index in [9.17, 15) is 9.18 Å². The third kappa shape index (κ3) is 3.12. The molecule has 0 spiro atoms. The number of nitrogens with zero attached hydrogens (tertiary/aromatic N) is 2. The van der Waals surface area contributed by atoms with Gasteiger partial charge in [-0.1, -0.05) is 17.7 Å². The molecule has 1 aliphatic carbocycles. The summed E-state index contributed by atoms with van der Waals surface area (Å²) in [5.74, 6) is -0.512. The molecule has 1 heterocycles. The zero-order chi connectivity index (χ0) is 15.7. The molecule has 1 fully saturated rings. The minimum atomic E-state index is -0.381. The van der Waals surface area contributed by atoms with Crippen LogP contribution in [0.2, 0.25) is 5.02 Å². The summed E-state index contributed by atoms with van der Waals surface area (Å²) < 4.78 is 14.0. The Morgan fingerprint density at radius 1 is 1.36 bits per heavy atom. The number of carbonyl (C=O) groups excluding carboxylic acids is 1. The minimum absolute atomic E-state index is 0.130. The van der Waals surface area contributed by atoms with E-state index in [1.54, 1.807) is 35.4 Å². The van der Waals surface area contributed by atoms with Gasteiger partial charge in [-0.25, -0.2) is 4.39 Å². The average molecular weight is 319 g/mol. The number of amides is 1. The first kappa shape index (κ1) is 15.0. The van der Waals surface area contributed by atoms with Crippen molar-refractivity contribution in [2.45, 2.75) is 32.4 Å². The van der Waals surface area contributed by atoms with E-state index in [1.165, 1.54) is 6.07 Å². The number of carbonyl (C=O) groups is 1. The molecule has 2 aromatic rings. The number of rotatable bonds is 4. The van der Waals surface area contributed by atoms with Gasteiger partial charge in [0.15, 0.2) is 0 Å². The Bertz CT molecular complexity index is 678. The van der Waals surface area contributed by atoms with Crippen LogP contribution < -0.4 is 0 Å². The molecule has 1 amide bonds. The van der Waals surface area contributed by atoms with E-state index in [0.29, 0.717) is 16.1 Å². The Morgan fingerprint density at radius 3 is 2.73 bits per heavy atom. The summed E-state index contributed by atoms with van der Waals surface area (Å²) in [6, 6.07) is 8.28. The van der Waals surface area contributed by atoms with E-state index in [-0.39, 0.29) is 24.3 Å². The number of hydrogen-bond donors (Lipinski definition) is 0. The molecule has 0 saturated heterocycles. The molecule has 1 aromatic heterocycles. The van der Waals surface area contributed by atoms with Gasteiger partial charge in [-0.2, -0.15) is 0 Å².